The number of carboxylic acids is 3. The number of allylic oxidation sites excluding steroid dienone is 2. The highest BCUT2D eigenvalue weighted by Gasteiger charge is 2.70. The highest BCUT2D eigenvalue weighted by atomic mass is 16.6. The van der Waals surface area contributed by atoms with Crippen molar-refractivity contribution in [2.45, 2.75) is 25.3 Å². The van der Waals surface area contributed by atoms with E-state index in [-0.39, 0.29) is 16.9 Å². The average Bonchev–Trinajstić information content (AvgIpc) is 2.53. The lowest BCUT2D eigenvalue weighted by Gasteiger charge is -2.47. The quantitative estimate of drug-likeness (QED) is 0.341. The zero-order valence-corrected chi connectivity index (χ0v) is 13.8. The molecule has 4 N–H and O–H groups in total. The molecule has 0 aromatic heterocycles. The van der Waals surface area contributed by atoms with Gasteiger partial charge in [-0.05, 0) is 19.4 Å². The second kappa shape index (κ2) is 6.14. The van der Waals surface area contributed by atoms with Crippen molar-refractivity contribution < 1.29 is 34.6 Å². The summed E-state index contributed by atoms with van der Waals surface area (Å²) in [6.45, 7) is 2.43. The third kappa shape index (κ3) is 2.46. The third-order valence-electron chi connectivity index (χ3n) is 4.66. The Morgan fingerprint density at radius 2 is 1.73 bits per heavy atom. The lowest BCUT2D eigenvalue weighted by Crippen LogP contribution is -2.71. The van der Waals surface area contributed by atoms with Crippen molar-refractivity contribution in [2.75, 3.05) is 0 Å². The fourth-order valence-electron chi connectivity index (χ4n) is 3.41. The number of benzene rings is 1. The van der Waals surface area contributed by atoms with E-state index in [4.69, 9.17) is 0 Å². The molecule has 26 heavy (non-hydrogen) atoms. The Balaban J connectivity index is 2.88. The molecular formula is C16H16N2O8. The monoisotopic (exact) mass is 364 g/mol. The molecule has 2 unspecified atom stereocenters. The minimum atomic E-state index is -2.84. The van der Waals surface area contributed by atoms with Crippen molar-refractivity contribution in [1.82, 2.24) is 5.32 Å². The van der Waals surface area contributed by atoms with Crippen LogP contribution in [0.3, 0.4) is 0 Å². The van der Waals surface area contributed by atoms with Crippen molar-refractivity contribution in [3.05, 3.63) is 51.7 Å². The number of carbonyl (C=O) groups is 3. The summed E-state index contributed by atoms with van der Waals surface area (Å²) in [6.07, 6.45) is 1.26. The van der Waals surface area contributed by atoms with Crippen molar-refractivity contribution in [2.24, 2.45) is 5.41 Å². The summed E-state index contributed by atoms with van der Waals surface area (Å²) in [5.74, 6) is -6.88. The molecule has 0 fully saturated rings. The largest absolute Gasteiger partial charge is 0.480 e. The van der Waals surface area contributed by atoms with E-state index in [0.29, 0.717) is 0 Å². The van der Waals surface area contributed by atoms with Crippen LogP contribution in [0, 0.1) is 15.5 Å². The van der Waals surface area contributed by atoms with Crippen LogP contribution in [0.25, 0.3) is 0 Å². The van der Waals surface area contributed by atoms with E-state index in [1.54, 1.807) is 0 Å². The predicted molar refractivity (Wildman–Crippen MR) is 86.5 cm³/mol. The van der Waals surface area contributed by atoms with Crippen LogP contribution in [0.1, 0.15) is 25.3 Å². The van der Waals surface area contributed by atoms with Crippen molar-refractivity contribution in [3.63, 3.8) is 0 Å². The predicted octanol–water partition coefficient (Wildman–Crippen LogP) is 1.18. The normalized spacial score (nSPS) is 24.1. The van der Waals surface area contributed by atoms with Gasteiger partial charge < -0.3 is 20.6 Å². The SMILES string of the molecule is CC1=CC(c2cccc([N+](=O)[O-])c2)C(C(=O)O)(C(=O)O)C(C)(C(=O)O)N1. The molecule has 0 spiro atoms. The molecule has 0 saturated carbocycles. The fraction of sp³-hybridized carbons (Fsp3) is 0.312. The molecule has 10 heteroatoms. The van der Waals surface area contributed by atoms with Crippen molar-refractivity contribution in [3.8, 4) is 0 Å². The van der Waals surface area contributed by atoms with E-state index >= 15 is 0 Å². The molecule has 0 radical (unpaired) electrons. The smallest absolute Gasteiger partial charge is 0.330 e. The summed E-state index contributed by atoms with van der Waals surface area (Å²) >= 11 is 0. The number of hydrogen-bond donors (Lipinski definition) is 4. The Labute approximate surface area is 146 Å². The third-order valence-corrected chi connectivity index (χ3v) is 4.66. The summed E-state index contributed by atoms with van der Waals surface area (Å²) in [5.41, 5.74) is -5.36. The Bertz CT molecular complexity index is 832. The highest BCUT2D eigenvalue weighted by molar-refractivity contribution is 6.07. The van der Waals surface area contributed by atoms with E-state index < -0.39 is 39.7 Å². The number of nitrogens with one attached hydrogen (secondary N) is 1. The zero-order valence-electron chi connectivity index (χ0n) is 13.8. The topological polar surface area (TPSA) is 167 Å². The Morgan fingerprint density at radius 3 is 2.19 bits per heavy atom. The maximum Gasteiger partial charge on any atom is 0.330 e. The van der Waals surface area contributed by atoms with E-state index in [2.05, 4.69) is 5.32 Å². The number of nitrogens with zero attached hydrogens (tertiary/aromatic N) is 1. The first-order valence-electron chi connectivity index (χ1n) is 7.39. The Kier molecular flexibility index (Phi) is 4.46. The van der Waals surface area contributed by atoms with Crippen LogP contribution in [0.5, 0.6) is 0 Å². The molecule has 10 nitrogen and oxygen atoms in total. The molecule has 0 amide bonds. The maximum absolute atomic E-state index is 12.1. The van der Waals surface area contributed by atoms with Gasteiger partial charge in [0.1, 0.15) is 0 Å². The summed E-state index contributed by atoms with van der Waals surface area (Å²) in [5, 5.41) is 42.7. The van der Waals surface area contributed by atoms with Crippen LogP contribution in [-0.4, -0.2) is 43.7 Å². The second-order valence-corrected chi connectivity index (χ2v) is 6.15. The van der Waals surface area contributed by atoms with Gasteiger partial charge in [0.2, 0.25) is 5.41 Å². The number of hydrogen-bond acceptors (Lipinski definition) is 6. The molecule has 2 atom stereocenters. The Morgan fingerprint density at radius 1 is 1.15 bits per heavy atom. The molecule has 0 aliphatic carbocycles. The molecule has 1 aromatic carbocycles. The molecule has 0 bridgehead atoms. The first-order chi connectivity index (χ1) is 12.0. The summed E-state index contributed by atoms with van der Waals surface area (Å²) < 4.78 is 0. The van der Waals surface area contributed by atoms with E-state index in [0.717, 1.165) is 13.0 Å². The average molecular weight is 364 g/mol. The van der Waals surface area contributed by atoms with Crippen LogP contribution in [0.4, 0.5) is 5.69 Å². The van der Waals surface area contributed by atoms with Gasteiger partial charge in [0.25, 0.3) is 5.69 Å². The van der Waals surface area contributed by atoms with E-state index in [9.17, 15) is 39.8 Å². The fourth-order valence-corrected chi connectivity index (χ4v) is 3.41. The van der Waals surface area contributed by atoms with Crippen LogP contribution < -0.4 is 5.32 Å². The van der Waals surface area contributed by atoms with Crippen LogP contribution in [0.15, 0.2) is 36.0 Å². The van der Waals surface area contributed by atoms with Crippen LogP contribution in [0.2, 0.25) is 0 Å². The summed E-state index contributed by atoms with van der Waals surface area (Å²) in [4.78, 5) is 46.4. The van der Waals surface area contributed by atoms with Gasteiger partial charge in [0, 0.05) is 23.7 Å². The number of nitro benzene ring substituents is 1. The van der Waals surface area contributed by atoms with Crippen molar-refractivity contribution in [1.29, 1.82) is 0 Å². The van der Waals surface area contributed by atoms with Crippen LogP contribution >= 0.6 is 0 Å². The lowest BCUT2D eigenvalue weighted by atomic mass is 9.58. The zero-order chi connectivity index (χ0) is 19.9. The number of rotatable bonds is 5. The van der Waals surface area contributed by atoms with E-state index in [1.165, 1.54) is 31.2 Å². The van der Waals surface area contributed by atoms with Gasteiger partial charge in [-0.3, -0.25) is 19.7 Å². The minimum Gasteiger partial charge on any atom is -0.480 e. The van der Waals surface area contributed by atoms with Gasteiger partial charge in [0.15, 0.2) is 5.54 Å². The molecule has 1 aliphatic heterocycles. The van der Waals surface area contributed by atoms with E-state index in [1.807, 2.05) is 0 Å². The van der Waals surface area contributed by atoms with Crippen LogP contribution in [-0.2, 0) is 14.4 Å². The molecular weight excluding hydrogens is 348 g/mol. The number of nitro groups is 1. The highest BCUT2D eigenvalue weighted by Crippen LogP contribution is 2.50. The van der Waals surface area contributed by atoms with Gasteiger partial charge in [-0.1, -0.05) is 18.2 Å². The minimum absolute atomic E-state index is 0.0114. The maximum atomic E-state index is 12.1. The summed E-state index contributed by atoms with van der Waals surface area (Å²) in [6, 6.07) is 4.82. The first kappa shape index (κ1) is 18.9. The van der Waals surface area contributed by atoms with Gasteiger partial charge in [0.05, 0.1) is 4.92 Å². The van der Waals surface area contributed by atoms with Gasteiger partial charge in [-0.25, -0.2) is 4.79 Å². The van der Waals surface area contributed by atoms with Gasteiger partial charge in [-0.2, -0.15) is 0 Å². The molecule has 138 valence electrons. The Hall–Kier alpha value is -3.43. The summed E-state index contributed by atoms with van der Waals surface area (Å²) in [7, 11) is 0. The lowest BCUT2D eigenvalue weighted by molar-refractivity contribution is -0.384. The van der Waals surface area contributed by atoms with Crippen molar-refractivity contribution >= 4 is 23.6 Å². The number of aliphatic carboxylic acids is 3. The van der Waals surface area contributed by atoms with Gasteiger partial charge in [-0.15, -0.1) is 0 Å². The second-order valence-electron chi connectivity index (χ2n) is 6.15. The van der Waals surface area contributed by atoms with Gasteiger partial charge >= 0.3 is 17.9 Å². The first-order valence-corrected chi connectivity index (χ1v) is 7.39. The molecule has 1 heterocycles. The molecule has 2 rings (SSSR count). The number of non-ortho nitro benzene ring substituents is 1. The standard InChI is InChI=1S/C16H16N2O8/c1-8-6-11(9-4-3-5-10(7-9)18(25)26)16(13(21)22,14(23)24)15(2,17-8)12(19)20/h3-7,11,17H,1-2H3,(H,19,20)(H,21,22)(H,23,24). The molecule has 1 aliphatic rings. The molecule has 0 saturated heterocycles. The molecule has 1 aromatic rings. The number of carboxylic acid groups (broad SMARTS) is 3.